The first-order chi connectivity index (χ1) is 14.7. The van der Waals surface area contributed by atoms with Crippen molar-refractivity contribution < 1.29 is 14.3 Å². The number of halogens is 2. The Balaban J connectivity index is 1.89. The van der Waals surface area contributed by atoms with Gasteiger partial charge >= 0.3 is 11.7 Å². The number of esters is 1. The van der Waals surface area contributed by atoms with Crippen LogP contribution in [0.2, 0.25) is 10.0 Å². The van der Waals surface area contributed by atoms with Gasteiger partial charge in [0, 0.05) is 12.1 Å². The number of hydrogen-bond acceptors (Lipinski definition) is 6. The Morgan fingerprint density at radius 2 is 1.74 bits per heavy atom. The number of carbonyl (C=O) groups excluding carboxylic acids is 2. The Hall–Kier alpha value is -3.36. The molecule has 2 aromatic carbocycles. The number of rotatable bonds is 6. The van der Waals surface area contributed by atoms with E-state index in [1.807, 2.05) is 6.07 Å². The molecule has 10 heteroatoms. The smallest absolute Gasteiger partial charge is 0.340 e. The van der Waals surface area contributed by atoms with E-state index >= 15 is 0 Å². The third kappa shape index (κ3) is 4.70. The van der Waals surface area contributed by atoms with Gasteiger partial charge in [-0.3, -0.25) is 18.7 Å². The Labute approximate surface area is 186 Å². The minimum atomic E-state index is -0.877. The molecular formula is C21H17Cl2N3O5. The van der Waals surface area contributed by atoms with E-state index < -0.39 is 35.2 Å². The van der Waals surface area contributed by atoms with E-state index in [9.17, 15) is 19.2 Å². The van der Waals surface area contributed by atoms with Gasteiger partial charge in [-0.05, 0) is 23.8 Å². The van der Waals surface area contributed by atoms with Gasteiger partial charge in [-0.2, -0.15) is 0 Å². The number of Topliss-reactive ketones (excluding diaryl/α,β-unsaturated/α-hetero) is 1. The van der Waals surface area contributed by atoms with Crippen molar-refractivity contribution in [1.82, 2.24) is 9.13 Å². The lowest BCUT2D eigenvalue weighted by atomic mass is 10.1. The number of nitrogens with two attached hydrogens (primary N) is 1. The fourth-order valence-electron chi connectivity index (χ4n) is 2.90. The Morgan fingerprint density at radius 1 is 1.06 bits per heavy atom. The maximum atomic E-state index is 12.7. The van der Waals surface area contributed by atoms with Gasteiger partial charge in [0.1, 0.15) is 11.4 Å². The van der Waals surface area contributed by atoms with Crippen LogP contribution in [0.25, 0.3) is 0 Å². The van der Waals surface area contributed by atoms with Gasteiger partial charge in [0.25, 0.3) is 5.56 Å². The Kier molecular flexibility index (Phi) is 6.62. The molecular weight excluding hydrogens is 445 g/mol. The van der Waals surface area contributed by atoms with Gasteiger partial charge < -0.3 is 10.5 Å². The van der Waals surface area contributed by atoms with Crippen LogP contribution in [0, 0.1) is 0 Å². The van der Waals surface area contributed by atoms with Crippen LogP contribution in [0.1, 0.15) is 26.3 Å². The summed E-state index contributed by atoms with van der Waals surface area (Å²) in [7, 11) is 1.24. The number of ketones is 1. The second kappa shape index (κ2) is 9.20. The lowest BCUT2D eigenvalue weighted by Crippen LogP contribution is -2.43. The average Bonchev–Trinajstić information content (AvgIpc) is 2.74. The van der Waals surface area contributed by atoms with Gasteiger partial charge in [0.05, 0.1) is 17.1 Å². The summed E-state index contributed by atoms with van der Waals surface area (Å²) in [6, 6.07) is 13.1. The van der Waals surface area contributed by atoms with Crippen molar-refractivity contribution >= 4 is 40.8 Å². The van der Waals surface area contributed by atoms with Gasteiger partial charge in [0.15, 0.2) is 6.61 Å². The van der Waals surface area contributed by atoms with Crippen molar-refractivity contribution in [3.63, 3.8) is 0 Å². The second-order valence-electron chi connectivity index (χ2n) is 6.60. The number of hydrogen-bond donors (Lipinski definition) is 1. The van der Waals surface area contributed by atoms with Gasteiger partial charge in [0.2, 0.25) is 5.78 Å². The number of nitrogens with zero attached hydrogens (tertiary/aromatic N) is 2. The maximum Gasteiger partial charge on any atom is 0.340 e. The van der Waals surface area contributed by atoms with E-state index in [4.69, 9.17) is 33.7 Å². The highest BCUT2D eigenvalue weighted by Crippen LogP contribution is 2.21. The summed E-state index contributed by atoms with van der Waals surface area (Å²) in [6.45, 7) is -0.707. The van der Waals surface area contributed by atoms with Crippen molar-refractivity contribution in [3.05, 3.63) is 96.1 Å². The molecule has 0 fully saturated rings. The molecule has 0 aliphatic rings. The first-order valence-electron chi connectivity index (χ1n) is 8.99. The molecule has 2 N–H and O–H groups in total. The SMILES string of the molecule is Cn1c(=O)c(C(=O)COC(=O)c2ccc(Cl)cc2Cl)c(N)n(Cc2ccccc2)c1=O. The number of benzene rings is 2. The molecule has 0 aliphatic heterocycles. The lowest BCUT2D eigenvalue weighted by molar-refractivity contribution is 0.0474. The standard InChI is InChI=1S/C21H17Cl2N3O5/c1-25-19(28)17(18(24)26(21(25)30)10-12-5-3-2-4-6-12)16(27)11-31-20(29)14-8-7-13(22)9-15(14)23/h2-9H,10-11,24H2,1H3. The predicted octanol–water partition coefficient (Wildman–Crippen LogP) is 2.52. The van der Waals surface area contributed by atoms with E-state index in [1.54, 1.807) is 24.3 Å². The summed E-state index contributed by atoms with van der Waals surface area (Å²) in [5.74, 6) is -2.02. The van der Waals surface area contributed by atoms with Crippen LogP contribution in [0.4, 0.5) is 5.82 Å². The van der Waals surface area contributed by atoms with Crippen LogP contribution in [-0.4, -0.2) is 27.5 Å². The van der Waals surface area contributed by atoms with E-state index in [1.165, 1.54) is 25.2 Å². The molecule has 3 rings (SSSR count). The van der Waals surface area contributed by atoms with E-state index in [0.717, 1.165) is 14.7 Å². The predicted molar refractivity (Wildman–Crippen MR) is 117 cm³/mol. The van der Waals surface area contributed by atoms with Crippen LogP contribution in [0.5, 0.6) is 0 Å². The van der Waals surface area contributed by atoms with E-state index in [2.05, 4.69) is 0 Å². The molecule has 1 aromatic heterocycles. The third-order valence-corrected chi connectivity index (χ3v) is 5.08. The van der Waals surface area contributed by atoms with Crippen LogP contribution < -0.4 is 17.0 Å². The quantitative estimate of drug-likeness (QED) is 0.445. The molecule has 0 amide bonds. The molecule has 0 unspecified atom stereocenters. The van der Waals surface area contributed by atoms with Gasteiger partial charge in [-0.1, -0.05) is 53.5 Å². The zero-order valence-electron chi connectivity index (χ0n) is 16.3. The summed E-state index contributed by atoms with van der Waals surface area (Å²) in [5.41, 5.74) is 4.78. The van der Waals surface area contributed by atoms with E-state index in [-0.39, 0.29) is 22.9 Å². The monoisotopic (exact) mass is 461 g/mol. The highest BCUT2D eigenvalue weighted by Gasteiger charge is 2.23. The minimum Gasteiger partial charge on any atom is -0.454 e. The number of carbonyl (C=O) groups is 2. The number of ether oxygens (including phenoxy) is 1. The topological polar surface area (TPSA) is 113 Å². The molecule has 0 aliphatic carbocycles. The fraction of sp³-hybridized carbons (Fsp3) is 0.143. The first-order valence-corrected chi connectivity index (χ1v) is 9.75. The Bertz CT molecular complexity index is 1280. The zero-order chi connectivity index (χ0) is 22.7. The summed E-state index contributed by atoms with van der Waals surface area (Å²) in [5, 5.41) is 0.381. The van der Waals surface area contributed by atoms with Crippen LogP contribution in [-0.2, 0) is 18.3 Å². The number of nitrogen functional groups attached to an aromatic ring is 1. The van der Waals surface area contributed by atoms with Crippen LogP contribution in [0.3, 0.4) is 0 Å². The minimum absolute atomic E-state index is 0.00814. The van der Waals surface area contributed by atoms with Crippen molar-refractivity contribution in [2.75, 3.05) is 12.3 Å². The zero-order valence-corrected chi connectivity index (χ0v) is 17.8. The first kappa shape index (κ1) is 22.3. The summed E-state index contributed by atoms with van der Waals surface area (Å²) in [4.78, 5) is 50.0. The molecule has 0 saturated carbocycles. The molecule has 0 atom stereocenters. The van der Waals surface area contributed by atoms with Gasteiger partial charge in [-0.15, -0.1) is 0 Å². The normalized spacial score (nSPS) is 10.7. The highest BCUT2D eigenvalue weighted by atomic mass is 35.5. The molecule has 1 heterocycles. The second-order valence-corrected chi connectivity index (χ2v) is 7.45. The molecule has 0 spiro atoms. The average molecular weight is 462 g/mol. The molecule has 8 nitrogen and oxygen atoms in total. The third-order valence-electron chi connectivity index (χ3n) is 4.53. The van der Waals surface area contributed by atoms with Crippen LogP contribution in [0.15, 0.2) is 58.1 Å². The van der Waals surface area contributed by atoms with Crippen molar-refractivity contribution in [2.24, 2.45) is 7.05 Å². The van der Waals surface area contributed by atoms with Crippen LogP contribution >= 0.6 is 23.2 Å². The highest BCUT2D eigenvalue weighted by molar-refractivity contribution is 6.36. The summed E-state index contributed by atoms with van der Waals surface area (Å²) >= 11 is 11.8. The molecule has 31 heavy (non-hydrogen) atoms. The molecule has 3 aromatic rings. The Morgan fingerprint density at radius 3 is 2.39 bits per heavy atom. The molecule has 0 saturated heterocycles. The number of anilines is 1. The maximum absolute atomic E-state index is 12.7. The lowest BCUT2D eigenvalue weighted by Gasteiger charge is -2.15. The molecule has 160 valence electrons. The van der Waals surface area contributed by atoms with Gasteiger partial charge in [-0.25, -0.2) is 9.59 Å². The van der Waals surface area contributed by atoms with Crippen molar-refractivity contribution in [2.45, 2.75) is 6.54 Å². The fourth-order valence-corrected chi connectivity index (χ4v) is 3.39. The molecule has 0 radical (unpaired) electrons. The van der Waals surface area contributed by atoms with Crippen molar-refractivity contribution in [3.8, 4) is 0 Å². The van der Waals surface area contributed by atoms with Crippen molar-refractivity contribution in [1.29, 1.82) is 0 Å². The largest absolute Gasteiger partial charge is 0.454 e. The number of aromatic nitrogens is 2. The summed E-state index contributed by atoms with van der Waals surface area (Å²) < 4.78 is 6.89. The molecule has 0 bridgehead atoms. The summed E-state index contributed by atoms with van der Waals surface area (Å²) in [6.07, 6.45) is 0. The van der Waals surface area contributed by atoms with E-state index in [0.29, 0.717) is 5.02 Å².